The highest BCUT2D eigenvalue weighted by molar-refractivity contribution is 7.90. The largest absolute Gasteiger partial charge is 0.494 e. The molecule has 0 unspecified atom stereocenters. The summed E-state index contributed by atoms with van der Waals surface area (Å²) in [6.07, 6.45) is 0. The number of benzene rings is 1. The van der Waals surface area contributed by atoms with Crippen LogP contribution in [0.1, 0.15) is 13.8 Å². The van der Waals surface area contributed by atoms with Crippen LogP contribution in [-0.2, 0) is 10.2 Å². The second-order valence-corrected chi connectivity index (χ2v) is 5.28. The SMILES string of the molecule is COc1cc(N)ccc1NS(=O)(=O)NC(C)C. The zero-order valence-corrected chi connectivity index (χ0v) is 10.8. The summed E-state index contributed by atoms with van der Waals surface area (Å²) >= 11 is 0. The molecule has 0 aromatic heterocycles. The van der Waals surface area contributed by atoms with E-state index in [1.165, 1.54) is 7.11 Å². The fourth-order valence-electron chi connectivity index (χ4n) is 1.28. The molecule has 0 amide bonds. The molecule has 0 aliphatic rings. The van der Waals surface area contributed by atoms with Crippen LogP contribution in [-0.4, -0.2) is 21.6 Å². The predicted octanol–water partition coefficient (Wildman–Crippen LogP) is 0.932. The van der Waals surface area contributed by atoms with Crippen molar-refractivity contribution >= 4 is 21.6 Å². The summed E-state index contributed by atoms with van der Waals surface area (Å²) in [6, 6.07) is 4.50. The van der Waals surface area contributed by atoms with Crippen LogP contribution in [0.3, 0.4) is 0 Å². The number of methoxy groups -OCH3 is 1. The lowest BCUT2D eigenvalue weighted by atomic mass is 10.2. The Kier molecular flexibility index (Phi) is 4.19. The molecule has 0 saturated carbocycles. The normalized spacial score (nSPS) is 11.5. The van der Waals surface area contributed by atoms with Crippen LogP contribution < -0.4 is 19.9 Å². The molecule has 96 valence electrons. The third-order valence-electron chi connectivity index (χ3n) is 1.86. The molecule has 4 N–H and O–H groups in total. The Hall–Kier alpha value is -1.47. The zero-order valence-electron chi connectivity index (χ0n) is 10.0. The summed E-state index contributed by atoms with van der Waals surface area (Å²) < 4.78 is 33.1. The van der Waals surface area contributed by atoms with E-state index in [4.69, 9.17) is 10.5 Å². The van der Waals surface area contributed by atoms with Crippen molar-refractivity contribution in [3.8, 4) is 5.75 Å². The lowest BCUT2D eigenvalue weighted by molar-refractivity contribution is 0.417. The second-order valence-electron chi connectivity index (χ2n) is 3.84. The standard InChI is InChI=1S/C10H17N3O3S/c1-7(2)12-17(14,15)13-9-5-4-8(11)6-10(9)16-3/h4-7,12-13H,11H2,1-3H3. The lowest BCUT2D eigenvalue weighted by Gasteiger charge is -2.14. The third kappa shape index (κ3) is 4.12. The van der Waals surface area contributed by atoms with E-state index in [1.807, 2.05) is 0 Å². The monoisotopic (exact) mass is 259 g/mol. The number of nitrogens with one attached hydrogen (secondary N) is 2. The van der Waals surface area contributed by atoms with Crippen LogP contribution in [0.25, 0.3) is 0 Å². The van der Waals surface area contributed by atoms with Gasteiger partial charge in [-0.05, 0) is 26.0 Å². The van der Waals surface area contributed by atoms with Gasteiger partial charge in [-0.3, -0.25) is 4.72 Å². The molecule has 6 nitrogen and oxygen atoms in total. The van der Waals surface area contributed by atoms with Crippen LogP contribution in [0.15, 0.2) is 18.2 Å². The van der Waals surface area contributed by atoms with Gasteiger partial charge >= 0.3 is 0 Å². The van der Waals surface area contributed by atoms with Gasteiger partial charge in [-0.15, -0.1) is 0 Å². The minimum absolute atomic E-state index is 0.188. The Labute approximate surface area is 101 Å². The van der Waals surface area contributed by atoms with E-state index in [0.717, 1.165) is 0 Å². The van der Waals surface area contributed by atoms with Crippen molar-refractivity contribution < 1.29 is 13.2 Å². The summed E-state index contributed by atoms with van der Waals surface area (Å²) in [5.41, 5.74) is 6.42. The fourth-order valence-corrected chi connectivity index (χ4v) is 2.41. The van der Waals surface area contributed by atoms with E-state index in [9.17, 15) is 8.42 Å². The maximum absolute atomic E-state index is 11.7. The molecule has 1 rings (SSSR count). The summed E-state index contributed by atoms with van der Waals surface area (Å²) in [4.78, 5) is 0. The summed E-state index contributed by atoms with van der Waals surface area (Å²) in [5, 5.41) is 0. The molecule has 1 aromatic carbocycles. The average molecular weight is 259 g/mol. The summed E-state index contributed by atoms with van der Waals surface area (Å²) in [7, 11) is -2.15. The van der Waals surface area contributed by atoms with Crippen LogP contribution in [0.5, 0.6) is 5.75 Å². The molecule has 0 bridgehead atoms. The van der Waals surface area contributed by atoms with Crippen LogP contribution in [0.4, 0.5) is 11.4 Å². The number of hydrogen-bond donors (Lipinski definition) is 3. The first-order chi connectivity index (χ1) is 7.84. The first-order valence-corrected chi connectivity index (χ1v) is 6.56. The third-order valence-corrected chi connectivity index (χ3v) is 3.13. The van der Waals surface area contributed by atoms with Gasteiger partial charge in [0.1, 0.15) is 5.75 Å². The van der Waals surface area contributed by atoms with Crippen molar-refractivity contribution in [3.05, 3.63) is 18.2 Å². The Morgan fingerprint density at radius 3 is 2.53 bits per heavy atom. The Balaban J connectivity index is 2.95. The van der Waals surface area contributed by atoms with Gasteiger partial charge in [0.05, 0.1) is 12.8 Å². The molecule has 0 fully saturated rings. The lowest BCUT2D eigenvalue weighted by Crippen LogP contribution is -2.35. The van der Waals surface area contributed by atoms with Gasteiger partial charge in [0.15, 0.2) is 0 Å². The molecule has 17 heavy (non-hydrogen) atoms. The van der Waals surface area contributed by atoms with E-state index in [1.54, 1.807) is 32.0 Å². The second kappa shape index (κ2) is 5.24. The number of nitrogen functional groups attached to an aromatic ring is 1. The Bertz CT molecular complexity index is 486. The van der Waals surface area contributed by atoms with Gasteiger partial charge in [0, 0.05) is 17.8 Å². The van der Waals surface area contributed by atoms with E-state index >= 15 is 0 Å². The number of nitrogens with two attached hydrogens (primary N) is 1. The Morgan fingerprint density at radius 1 is 1.35 bits per heavy atom. The molecule has 0 heterocycles. The van der Waals surface area contributed by atoms with Crippen LogP contribution >= 0.6 is 0 Å². The minimum Gasteiger partial charge on any atom is -0.494 e. The van der Waals surface area contributed by atoms with Gasteiger partial charge in [0.25, 0.3) is 10.2 Å². The van der Waals surface area contributed by atoms with E-state index in [2.05, 4.69) is 9.44 Å². The molecule has 0 saturated heterocycles. The number of hydrogen-bond acceptors (Lipinski definition) is 4. The van der Waals surface area contributed by atoms with Crippen molar-refractivity contribution in [2.45, 2.75) is 19.9 Å². The fraction of sp³-hybridized carbons (Fsp3) is 0.400. The van der Waals surface area contributed by atoms with Crippen LogP contribution in [0, 0.1) is 0 Å². The maximum Gasteiger partial charge on any atom is 0.299 e. The van der Waals surface area contributed by atoms with Gasteiger partial charge in [-0.1, -0.05) is 0 Å². The summed E-state index contributed by atoms with van der Waals surface area (Å²) in [5.74, 6) is 0.374. The molecule has 0 atom stereocenters. The van der Waals surface area contributed by atoms with Crippen molar-refractivity contribution in [2.24, 2.45) is 0 Å². The quantitative estimate of drug-likeness (QED) is 0.686. The maximum atomic E-state index is 11.7. The molecule has 1 aromatic rings. The predicted molar refractivity (Wildman–Crippen MR) is 68.2 cm³/mol. The van der Waals surface area contributed by atoms with Gasteiger partial charge in [0.2, 0.25) is 0 Å². The molecular weight excluding hydrogens is 242 g/mol. The zero-order chi connectivity index (χ0) is 13.1. The highest BCUT2D eigenvalue weighted by Gasteiger charge is 2.14. The molecular formula is C10H17N3O3S. The first-order valence-electron chi connectivity index (χ1n) is 5.07. The molecule has 0 radical (unpaired) electrons. The number of ether oxygens (including phenoxy) is 1. The molecule has 0 aliphatic carbocycles. The summed E-state index contributed by atoms with van der Waals surface area (Å²) in [6.45, 7) is 3.47. The molecule has 0 spiro atoms. The average Bonchev–Trinajstić information content (AvgIpc) is 2.18. The van der Waals surface area contributed by atoms with Crippen molar-refractivity contribution in [3.63, 3.8) is 0 Å². The number of rotatable bonds is 5. The highest BCUT2D eigenvalue weighted by Crippen LogP contribution is 2.27. The Morgan fingerprint density at radius 2 is 2.00 bits per heavy atom. The topological polar surface area (TPSA) is 93.4 Å². The van der Waals surface area contributed by atoms with Crippen LogP contribution in [0.2, 0.25) is 0 Å². The minimum atomic E-state index is -3.60. The molecule has 7 heteroatoms. The van der Waals surface area contributed by atoms with E-state index < -0.39 is 10.2 Å². The van der Waals surface area contributed by atoms with Crippen molar-refractivity contribution in [2.75, 3.05) is 17.6 Å². The van der Waals surface area contributed by atoms with Crippen molar-refractivity contribution in [1.82, 2.24) is 4.72 Å². The first kappa shape index (κ1) is 13.6. The molecule has 0 aliphatic heterocycles. The number of anilines is 2. The van der Waals surface area contributed by atoms with E-state index in [-0.39, 0.29) is 6.04 Å². The van der Waals surface area contributed by atoms with Crippen molar-refractivity contribution in [1.29, 1.82) is 0 Å². The van der Waals surface area contributed by atoms with Gasteiger partial charge in [-0.2, -0.15) is 13.1 Å². The van der Waals surface area contributed by atoms with Gasteiger partial charge < -0.3 is 10.5 Å². The van der Waals surface area contributed by atoms with Gasteiger partial charge in [-0.25, -0.2) is 0 Å². The van der Waals surface area contributed by atoms with E-state index in [0.29, 0.717) is 17.1 Å². The smallest absolute Gasteiger partial charge is 0.299 e. The highest BCUT2D eigenvalue weighted by atomic mass is 32.2.